The minimum atomic E-state index is -0.273. The molecule has 0 amide bonds. The maximum absolute atomic E-state index is 13.1. The van der Waals surface area contributed by atoms with E-state index in [0.717, 1.165) is 10.6 Å². The number of anilines is 2. The number of cyclic esters (lactones) is 1. The molecule has 114 valence electrons. The number of hydrogen-bond acceptors (Lipinski definition) is 5. The van der Waals surface area contributed by atoms with Gasteiger partial charge in [-0.1, -0.05) is 6.07 Å². The first-order valence-electron chi connectivity index (χ1n) is 6.92. The molecule has 1 aliphatic heterocycles. The molecule has 2 aromatic carbocycles. The number of esters is 1. The van der Waals surface area contributed by atoms with Crippen molar-refractivity contribution >= 4 is 29.3 Å². The molecule has 22 heavy (non-hydrogen) atoms. The summed E-state index contributed by atoms with van der Waals surface area (Å²) in [6, 6.07) is 13.7. The van der Waals surface area contributed by atoms with E-state index in [1.165, 1.54) is 24.1 Å². The third kappa shape index (κ3) is 3.78. The van der Waals surface area contributed by atoms with Crippen molar-refractivity contribution in [3.8, 4) is 0 Å². The third-order valence-corrected chi connectivity index (χ3v) is 4.13. The molecule has 3 rings (SSSR count). The molecule has 1 heterocycles. The first-order valence-corrected chi connectivity index (χ1v) is 7.74. The zero-order valence-electron chi connectivity index (χ0n) is 11.7. The SMILES string of the molecule is O=C1OCCC1NSc1ccc(Nc2cccc(F)c2)cc1. The molecule has 6 heteroatoms. The molecule has 0 bridgehead atoms. The predicted octanol–water partition coefficient (Wildman–Crippen LogP) is 3.48. The summed E-state index contributed by atoms with van der Waals surface area (Å²) < 4.78 is 21.1. The van der Waals surface area contributed by atoms with E-state index in [-0.39, 0.29) is 17.8 Å². The Morgan fingerprint density at radius 2 is 1.95 bits per heavy atom. The van der Waals surface area contributed by atoms with Crippen LogP contribution in [0.15, 0.2) is 53.4 Å². The van der Waals surface area contributed by atoms with E-state index >= 15 is 0 Å². The van der Waals surface area contributed by atoms with Crippen molar-refractivity contribution in [1.29, 1.82) is 0 Å². The van der Waals surface area contributed by atoms with Crippen LogP contribution in [0.1, 0.15) is 6.42 Å². The molecule has 1 atom stereocenters. The van der Waals surface area contributed by atoms with E-state index in [0.29, 0.717) is 18.7 Å². The van der Waals surface area contributed by atoms with Crippen molar-refractivity contribution in [2.24, 2.45) is 0 Å². The fourth-order valence-electron chi connectivity index (χ4n) is 2.08. The molecule has 0 spiro atoms. The van der Waals surface area contributed by atoms with Crippen LogP contribution in [0.4, 0.5) is 15.8 Å². The average molecular weight is 318 g/mol. The summed E-state index contributed by atoms with van der Waals surface area (Å²) >= 11 is 1.40. The normalized spacial score (nSPS) is 17.3. The Morgan fingerprint density at radius 3 is 2.64 bits per heavy atom. The van der Waals surface area contributed by atoms with Gasteiger partial charge in [0.1, 0.15) is 11.9 Å². The van der Waals surface area contributed by atoms with Gasteiger partial charge in [-0.05, 0) is 54.4 Å². The number of benzene rings is 2. The standard InChI is InChI=1S/C16H15FN2O2S/c17-11-2-1-3-13(10-11)18-12-4-6-14(7-5-12)22-19-15-8-9-21-16(15)20/h1-7,10,15,18-19H,8-9H2. The fraction of sp³-hybridized carbons (Fsp3) is 0.188. The Morgan fingerprint density at radius 1 is 1.14 bits per heavy atom. The van der Waals surface area contributed by atoms with Crippen LogP contribution < -0.4 is 10.0 Å². The second-order valence-corrected chi connectivity index (χ2v) is 5.80. The van der Waals surface area contributed by atoms with Crippen molar-refractivity contribution in [1.82, 2.24) is 4.72 Å². The van der Waals surface area contributed by atoms with E-state index in [9.17, 15) is 9.18 Å². The largest absolute Gasteiger partial charge is 0.464 e. The van der Waals surface area contributed by atoms with E-state index in [1.807, 2.05) is 24.3 Å². The quantitative estimate of drug-likeness (QED) is 0.653. The number of ether oxygens (including phenoxy) is 1. The summed E-state index contributed by atoms with van der Waals surface area (Å²) in [6.45, 7) is 0.480. The number of rotatable bonds is 5. The summed E-state index contributed by atoms with van der Waals surface area (Å²) in [5.41, 5.74) is 1.57. The highest BCUT2D eigenvalue weighted by Gasteiger charge is 2.25. The van der Waals surface area contributed by atoms with Gasteiger partial charge in [0.05, 0.1) is 6.61 Å². The molecule has 1 unspecified atom stereocenters. The first-order chi connectivity index (χ1) is 10.7. The van der Waals surface area contributed by atoms with Crippen LogP contribution in [-0.4, -0.2) is 18.6 Å². The molecular formula is C16H15FN2O2S. The van der Waals surface area contributed by atoms with Gasteiger partial charge in [0.15, 0.2) is 0 Å². The monoisotopic (exact) mass is 318 g/mol. The van der Waals surface area contributed by atoms with E-state index < -0.39 is 0 Å². The summed E-state index contributed by atoms with van der Waals surface area (Å²) in [7, 11) is 0. The zero-order valence-corrected chi connectivity index (χ0v) is 12.5. The van der Waals surface area contributed by atoms with Gasteiger partial charge in [0.2, 0.25) is 0 Å². The second kappa shape index (κ2) is 6.81. The highest BCUT2D eigenvalue weighted by atomic mass is 32.2. The lowest BCUT2D eigenvalue weighted by atomic mass is 10.2. The first kappa shape index (κ1) is 14.9. The van der Waals surface area contributed by atoms with Crippen molar-refractivity contribution in [2.75, 3.05) is 11.9 Å². The molecule has 0 aromatic heterocycles. The van der Waals surface area contributed by atoms with Crippen LogP contribution in [0.5, 0.6) is 0 Å². The molecule has 1 saturated heterocycles. The van der Waals surface area contributed by atoms with E-state index in [1.54, 1.807) is 12.1 Å². The number of nitrogens with one attached hydrogen (secondary N) is 2. The highest BCUT2D eigenvalue weighted by molar-refractivity contribution is 7.97. The number of carbonyl (C=O) groups is 1. The van der Waals surface area contributed by atoms with Crippen LogP contribution in [0.25, 0.3) is 0 Å². The lowest BCUT2D eigenvalue weighted by Gasteiger charge is -2.09. The molecule has 1 aliphatic rings. The van der Waals surface area contributed by atoms with Crippen molar-refractivity contribution < 1.29 is 13.9 Å². The topological polar surface area (TPSA) is 50.4 Å². The average Bonchev–Trinajstić information content (AvgIpc) is 2.92. The summed E-state index contributed by atoms with van der Waals surface area (Å²) in [4.78, 5) is 12.3. The van der Waals surface area contributed by atoms with Crippen molar-refractivity contribution in [3.63, 3.8) is 0 Å². The van der Waals surface area contributed by atoms with Crippen LogP contribution in [-0.2, 0) is 9.53 Å². The molecular weight excluding hydrogens is 303 g/mol. The van der Waals surface area contributed by atoms with Gasteiger partial charge in [-0.25, -0.2) is 9.11 Å². The van der Waals surface area contributed by atoms with E-state index in [2.05, 4.69) is 10.0 Å². The van der Waals surface area contributed by atoms with Gasteiger partial charge in [-0.2, -0.15) is 0 Å². The Labute approximate surface area is 132 Å². The minimum absolute atomic E-state index is 0.197. The maximum atomic E-state index is 13.1. The van der Waals surface area contributed by atoms with Gasteiger partial charge >= 0.3 is 5.97 Å². The Kier molecular flexibility index (Phi) is 4.60. The fourth-order valence-corrected chi connectivity index (χ4v) is 2.85. The number of carbonyl (C=O) groups excluding carboxylic acids is 1. The Balaban J connectivity index is 1.57. The summed E-state index contributed by atoms with van der Waals surface area (Å²) in [5, 5.41) is 3.13. The highest BCUT2D eigenvalue weighted by Crippen LogP contribution is 2.22. The Bertz CT molecular complexity index is 663. The third-order valence-electron chi connectivity index (χ3n) is 3.22. The molecule has 4 nitrogen and oxygen atoms in total. The summed E-state index contributed by atoms with van der Waals surface area (Å²) in [5.74, 6) is -0.471. The molecule has 2 N–H and O–H groups in total. The van der Waals surface area contributed by atoms with Crippen LogP contribution in [0, 0.1) is 5.82 Å². The summed E-state index contributed by atoms with van der Waals surface area (Å²) in [6.07, 6.45) is 0.699. The molecule has 2 aromatic rings. The molecule has 0 saturated carbocycles. The predicted molar refractivity (Wildman–Crippen MR) is 84.5 cm³/mol. The second-order valence-electron chi connectivity index (χ2n) is 4.89. The van der Waals surface area contributed by atoms with Gasteiger partial charge in [-0.15, -0.1) is 0 Å². The maximum Gasteiger partial charge on any atom is 0.324 e. The minimum Gasteiger partial charge on any atom is -0.464 e. The number of hydrogen-bond donors (Lipinski definition) is 2. The number of halogens is 1. The molecule has 0 radical (unpaired) electrons. The Hall–Kier alpha value is -2.05. The molecule has 0 aliphatic carbocycles. The van der Waals surface area contributed by atoms with E-state index in [4.69, 9.17) is 4.74 Å². The van der Waals surface area contributed by atoms with Gasteiger partial charge < -0.3 is 10.1 Å². The van der Waals surface area contributed by atoms with Gasteiger partial charge in [0.25, 0.3) is 0 Å². The van der Waals surface area contributed by atoms with Gasteiger partial charge in [-0.3, -0.25) is 4.79 Å². The van der Waals surface area contributed by atoms with Gasteiger partial charge in [0, 0.05) is 22.7 Å². The van der Waals surface area contributed by atoms with Crippen LogP contribution in [0.2, 0.25) is 0 Å². The van der Waals surface area contributed by atoms with Crippen LogP contribution >= 0.6 is 11.9 Å². The van der Waals surface area contributed by atoms with Crippen molar-refractivity contribution in [2.45, 2.75) is 17.4 Å². The smallest absolute Gasteiger partial charge is 0.324 e. The zero-order chi connectivity index (χ0) is 15.4. The van der Waals surface area contributed by atoms with Crippen molar-refractivity contribution in [3.05, 3.63) is 54.3 Å². The lowest BCUT2D eigenvalue weighted by molar-refractivity contribution is -0.139. The molecule has 1 fully saturated rings. The lowest BCUT2D eigenvalue weighted by Crippen LogP contribution is -2.27. The van der Waals surface area contributed by atoms with Crippen LogP contribution in [0.3, 0.4) is 0 Å².